The average molecular weight is 197 g/mol. The van der Waals surface area contributed by atoms with Gasteiger partial charge in [-0.3, -0.25) is 0 Å². The Morgan fingerprint density at radius 3 is 3.15 bits per heavy atom. The van der Waals surface area contributed by atoms with Gasteiger partial charge in [0.15, 0.2) is 5.13 Å². The van der Waals surface area contributed by atoms with Crippen molar-refractivity contribution in [2.45, 2.75) is 19.4 Å². The van der Waals surface area contributed by atoms with Crippen LogP contribution in [-0.2, 0) is 0 Å². The highest BCUT2D eigenvalue weighted by molar-refractivity contribution is 7.13. The number of thiazole rings is 1. The van der Waals surface area contributed by atoms with Crippen LogP contribution in [0.25, 0.3) is 0 Å². The molecule has 1 aromatic heterocycles. The number of anilines is 1. The van der Waals surface area contributed by atoms with Gasteiger partial charge in [0, 0.05) is 30.7 Å². The van der Waals surface area contributed by atoms with Crippen molar-refractivity contribution >= 4 is 16.5 Å². The fraction of sp³-hybridized carbons (Fsp3) is 0.667. The maximum absolute atomic E-state index is 5.87. The Bertz CT molecular complexity index is 258. The van der Waals surface area contributed by atoms with E-state index in [1.807, 2.05) is 11.6 Å². The van der Waals surface area contributed by atoms with Crippen molar-refractivity contribution in [3.05, 3.63) is 11.6 Å². The van der Waals surface area contributed by atoms with Crippen molar-refractivity contribution in [2.75, 3.05) is 18.0 Å². The van der Waals surface area contributed by atoms with Crippen LogP contribution in [0, 0.1) is 5.92 Å². The smallest absolute Gasteiger partial charge is 0.185 e. The summed E-state index contributed by atoms with van der Waals surface area (Å²) in [7, 11) is 0. The molecule has 4 heteroatoms. The minimum absolute atomic E-state index is 0.310. The molecule has 72 valence electrons. The topological polar surface area (TPSA) is 42.1 Å². The van der Waals surface area contributed by atoms with E-state index in [9.17, 15) is 0 Å². The number of nitrogens with two attached hydrogens (primary N) is 1. The lowest BCUT2D eigenvalue weighted by Crippen LogP contribution is -2.29. The third-order valence-electron chi connectivity index (χ3n) is 2.66. The van der Waals surface area contributed by atoms with Crippen LogP contribution in [0.15, 0.2) is 11.6 Å². The number of hydrogen-bond donors (Lipinski definition) is 1. The van der Waals surface area contributed by atoms with Gasteiger partial charge < -0.3 is 10.6 Å². The normalized spacial score (nSPS) is 25.1. The van der Waals surface area contributed by atoms with Crippen LogP contribution < -0.4 is 10.6 Å². The standard InChI is InChI=1S/C9H15N3S/c1-7(10)8-2-4-12(6-8)9-11-3-5-13-9/h3,5,7-8H,2,4,6,10H2,1H3. The van der Waals surface area contributed by atoms with Crippen LogP contribution in [0.3, 0.4) is 0 Å². The summed E-state index contributed by atoms with van der Waals surface area (Å²) in [5.74, 6) is 0.642. The molecular weight excluding hydrogens is 182 g/mol. The fourth-order valence-corrected chi connectivity index (χ4v) is 2.44. The molecule has 1 fully saturated rings. The lowest BCUT2D eigenvalue weighted by atomic mass is 10.0. The Morgan fingerprint density at radius 1 is 1.77 bits per heavy atom. The number of hydrogen-bond acceptors (Lipinski definition) is 4. The molecule has 0 spiro atoms. The van der Waals surface area contributed by atoms with Crippen LogP contribution in [0.4, 0.5) is 5.13 Å². The van der Waals surface area contributed by atoms with Crippen molar-refractivity contribution in [2.24, 2.45) is 11.7 Å². The average Bonchev–Trinajstić information content (AvgIpc) is 2.75. The molecular formula is C9H15N3S. The summed E-state index contributed by atoms with van der Waals surface area (Å²) < 4.78 is 0. The monoisotopic (exact) mass is 197 g/mol. The van der Waals surface area contributed by atoms with Gasteiger partial charge in [0.05, 0.1) is 0 Å². The summed E-state index contributed by atoms with van der Waals surface area (Å²) in [4.78, 5) is 6.63. The molecule has 1 aliphatic heterocycles. The van der Waals surface area contributed by atoms with E-state index in [1.54, 1.807) is 11.3 Å². The van der Waals surface area contributed by atoms with Crippen LogP contribution in [-0.4, -0.2) is 24.1 Å². The van der Waals surface area contributed by atoms with Gasteiger partial charge in [0.25, 0.3) is 0 Å². The first kappa shape index (κ1) is 8.97. The Balaban J connectivity index is 1.99. The quantitative estimate of drug-likeness (QED) is 0.777. The minimum Gasteiger partial charge on any atom is -0.348 e. The Labute approximate surface area is 82.6 Å². The predicted molar refractivity (Wildman–Crippen MR) is 56.1 cm³/mol. The van der Waals surface area contributed by atoms with E-state index >= 15 is 0 Å². The van der Waals surface area contributed by atoms with E-state index in [1.165, 1.54) is 6.42 Å². The zero-order chi connectivity index (χ0) is 9.26. The van der Waals surface area contributed by atoms with Gasteiger partial charge in [-0.2, -0.15) is 0 Å². The molecule has 2 heterocycles. The van der Waals surface area contributed by atoms with Crippen molar-refractivity contribution in [3.8, 4) is 0 Å². The molecule has 2 N–H and O–H groups in total. The summed E-state index contributed by atoms with van der Waals surface area (Å²) in [6, 6.07) is 0.310. The highest BCUT2D eigenvalue weighted by atomic mass is 32.1. The van der Waals surface area contributed by atoms with Crippen LogP contribution in [0.1, 0.15) is 13.3 Å². The molecule has 0 saturated carbocycles. The predicted octanol–water partition coefficient (Wildman–Crippen LogP) is 1.32. The van der Waals surface area contributed by atoms with Gasteiger partial charge in [-0.1, -0.05) is 0 Å². The van der Waals surface area contributed by atoms with Gasteiger partial charge in [-0.25, -0.2) is 4.98 Å². The summed E-state index contributed by atoms with van der Waals surface area (Å²) >= 11 is 1.71. The zero-order valence-electron chi connectivity index (χ0n) is 7.81. The number of nitrogens with zero attached hydrogens (tertiary/aromatic N) is 2. The molecule has 1 aliphatic rings. The molecule has 1 aromatic rings. The third-order valence-corrected chi connectivity index (χ3v) is 3.49. The summed E-state index contributed by atoms with van der Waals surface area (Å²) in [6.07, 6.45) is 3.07. The van der Waals surface area contributed by atoms with Gasteiger partial charge in [-0.15, -0.1) is 11.3 Å². The SMILES string of the molecule is CC(N)C1CCN(c2nccs2)C1. The molecule has 0 bridgehead atoms. The molecule has 0 aliphatic carbocycles. The largest absolute Gasteiger partial charge is 0.348 e. The second-order valence-corrected chi connectivity index (χ2v) is 4.54. The van der Waals surface area contributed by atoms with E-state index in [2.05, 4.69) is 16.8 Å². The first-order chi connectivity index (χ1) is 6.27. The van der Waals surface area contributed by atoms with Crippen molar-refractivity contribution in [1.82, 2.24) is 4.98 Å². The van der Waals surface area contributed by atoms with E-state index in [-0.39, 0.29) is 0 Å². The maximum atomic E-state index is 5.87. The molecule has 3 nitrogen and oxygen atoms in total. The molecule has 13 heavy (non-hydrogen) atoms. The Kier molecular flexibility index (Phi) is 2.51. The highest BCUT2D eigenvalue weighted by Gasteiger charge is 2.26. The summed E-state index contributed by atoms with van der Waals surface area (Å²) in [5, 5.41) is 3.16. The molecule has 2 atom stereocenters. The van der Waals surface area contributed by atoms with Crippen LogP contribution in [0.2, 0.25) is 0 Å². The van der Waals surface area contributed by atoms with Crippen molar-refractivity contribution in [1.29, 1.82) is 0 Å². The second kappa shape index (κ2) is 3.64. The molecule has 2 rings (SSSR count). The first-order valence-corrected chi connectivity index (χ1v) is 5.55. The summed E-state index contributed by atoms with van der Waals surface area (Å²) in [6.45, 7) is 4.28. The molecule has 2 unspecified atom stereocenters. The minimum atomic E-state index is 0.310. The summed E-state index contributed by atoms with van der Waals surface area (Å²) in [5.41, 5.74) is 5.87. The first-order valence-electron chi connectivity index (χ1n) is 4.67. The molecule has 0 radical (unpaired) electrons. The molecule has 0 aromatic carbocycles. The third kappa shape index (κ3) is 1.84. The van der Waals surface area contributed by atoms with Gasteiger partial charge in [-0.05, 0) is 19.3 Å². The van der Waals surface area contributed by atoms with Crippen molar-refractivity contribution in [3.63, 3.8) is 0 Å². The van der Waals surface area contributed by atoms with Gasteiger partial charge in [0.2, 0.25) is 0 Å². The zero-order valence-corrected chi connectivity index (χ0v) is 8.63. The van der Waals surface area contributed by atoms with Crippen LogP contribution >= 0.6 is 11.3 Å². The lowest BCUT2D eigenvalue weighted by Gasteiger charge is -2.16. The van der Waals surface area contributed by atoms with E-state index in [0.29, 0.717) is 12.0 Å². The number of aromatic nitrogens is 1. The van der Waals surface area contributed by atoms with Crippen molar-refractivity contribution < 1.29 is 0 Å². The fourth-order valence-electron chi connectivity index (χ4n) is 1.76. The molecule has 0 amide bonds. The van der Waals surface area contributed by atoms with Crippen LogP contribution in [0.5, 0.6) is 0 Å². The highest BCUT2D eigenvalue weighted by Crippen LogP contribution is 2.26. The molecule has 1 saturated heterocycles. The van der Waals surface area contributed by atoms with E-state index < -0.39 is 0 Å². The number of rotatable bonds is 2. The lowest BCUT2D eigenvalue weighted by molar-refractivity contribution is 0.488. The Morgan fingerprint density at radius 2 is 2.62 bits per heavy atom. The van der Waals surface area contributed by atoms with E-state index in [0.717, 1.165) is 18.2 Å². The second-order valence-electron chi connectivity index (χ2n) is 3.67. The maximum Gasteiger partial charge on any atom is 0.185 e. The Hall–Kier alpha value is -0.610. The van der Waals surface area contributed by atoms with Gasteiger partial charge in [0.1, 0.15) is 0 Å². The van der Waals surface area contributed by atoms with Gasteiger partial charge >= 0.3 is 0 Å². The van der Waals surface area contributed by atoms with E-state index in [4.69, 9.17) is 5.73 Å².